The standard InChI is InChI=1S/C19H17N3S2/c1-13-6-4-7-14(12-13)22-18(16-9-5-11-24-16)17(21-19(22)23)15-8-2-3-10-20-15/h2-12,17-18H,1H3,(H,21,23)/t17-,18-/m1/s1. The van der Waals surface area contributed by atoms with Crippen LogP contribution in [0.15, 0.2) is 66.2 Å². The molecular weight excluding hydrogens is 334 g/mol. The summed E-state index contributed by atoms with van der Waals surface area (Å²) in [6.45, 7) is 2.10. The van der Waals surface area contributed by atoms with Gasteiger partial charge in [-0.05, 0) is 60.4 Å². The van der Waals surface area contributed by atoms with Crippen LogP contribution in [0.5, 0.6) is 0 Å². The molecule has 0 aliphatic carbocycles. The third kappa shape index (κ3) is 2.70. The minimum Gasteiger partial charge on any atom is -0.351 e. The Labute approximate surface area is 151 Å². The number of thiophene rings is 1. The SMILES string of the molecule is Cc1cccc(N2C(=S)N[C@H](c3ccccn3)[C@H]2c2cccs2)c1. The molecule has 0 saturated carbocycles. The van der Waals surface area contributed by atoms with Gasteiger partial charge in [0.2, 0.25) is 0 Å². The Hall–Kier alpha value is -2.24. The van der Waals surface area contributed by atoms with Crippen molar-refractivity contribution in [3.8, 4) is 0 Å². The average molecular weight is 352 g/mol. The zero-order valence-corrected chi connectivity index (χ0v) is 14.8. The van der Waals surface area contributed by atoms with Crippen molar-refractivity contribution in [2.24, 2.45) is 0 Å². The van der Waals surface area contributed by atoms with E-state index in [9.17, 15) is 0 Å². The summed E-state index contributed by atoms with van der Waals surface area (Å²) in [5.41, 5.74) is 3.35. The average Bonchev–Trinajstić information content (AvgIpc) is 3.23. The van der Waals surface area contributed by atoms with E-state index in [-0.39, 0.29) is 12.1 Å². The summed E-state index contributed by atoms with van der Waals surface area (Å²) in [5.74, 6) is 0. The van der Waals surface area contributed by atoms with Crippen molar-refractivity contribution in [3.63, 3.8) is 0 Å². The van der Waals surface area contributed by atoms with Crippen LogP contribution in [0.4, 0.5) is 5.69 Å². The number of benzene rings is 1. The summed E-state index contributed by atoms with van der Waals surface area (Å²) >= 11 is 7.44. The van der Waals surface area contributed by atoms with Gasteiger partial charge in [0.15, 0.2) is 5.11 Å². The Morgan fingerprint density at radius 2 is 2.04 bits per heavy atom. The van der Waals surface area contributed by atoms with Crippen molar-refractivity contribution < 1.29 is 0 Å². The van der Waals surface area contributed by atoms with Gasteiger partial charge in [-0.3, -0.25) is 4.98 Å². The lowest BCUT2D eigenvalue weighted by molar-refractivity contribution is 0.575. The molecule has 1 N–H and O–H groups in total. The second-order valence-corrected chi connectivity index (χ2v) is 7.22. The van der Waals surface area contributed by atoms with Gasteiger partial charge in [-0.15, -0.1) is 11.3 Å². The van der Waals surface area contributed by atoms with Gasteiger partial charge in [-0.1, -0.05) is 24.3 Å². The number of hydrogen-bond donors (Lipinski definition) is 1. The van der Waals surface area contributed by atoms with Crippen molar-refractivity contribution in [2.45, 2.75) is 19.0 Å². The second kappa shape index (κ2) is 6.34. The smallest absolute Gasteiger partial charge is 0.174 e. The molecule has 0 amide bonds. The number of hydrogen-bond acceptors (Lipinski definition) is 3. The highest BCUT2D eigenvalue weighted by Crippen LogP contribution is 2.42. The van der Waals surface area contributed by atoms with Crippen LogP contribution in [0.3, 0.4) is 0 Å². The van der Waals surface area contributed by atoms with Gasteiger partial charge in [0.1, 0.15) is 0 Å². The lowest BCUT2D eigenvalue weighted by Crippen LogP contribution is -2.29. The van der Waals surface area contributed by atoms with Gasteiger partial charge in [0.25, 0.3) is 0 Å². The number of aryl methyl sites for hydroxylation is 1. The van der Waals surface area contributed by atoms with Gasteiger partial charge in [-0.2, -0.15) is 0 Å². The Balaban J connectivity index is 1.82. The summed E-state index contributed by atoms with van der Waals surface area (Å²) in [7, 11) is 0. The molecule has 3 heterocycles. The molecule has 3 nitrogen and oxygen atoms in total. The highest BCUT2D eigenvalue weighted by molar-refractivity contribution is 7.80. The minimum atomic E-state index is 0.0397. The fraction of sp³-hybridized carbons (Fsp3) is 0.158. The molecule has 120 valence electrons. The second-order valence-electron chi connectivity index (χ2n) is 5.85. The molecule has 2 atom stereocenters. The zero-order chi connectivity index (χ0) is 16.5. The predicted octanol–water partition coefficient (Wildman–Crippen LogP) is 4.63. The van der Waals surface area contributed by atoms with Crippen LogP contribution in [0.1, 0.15) is 28.2 Å². The molecule has 5 heteroatoms. The van der Waals surface area contributed by atoms with E-state index < -0.39 is 0 Å². The van der Waals surface area contributed by atoms with Gasteiger partial charge >= 0.3 is 0 Å². The maximum absolute atomic E-state index is 5.69. The molecular formula is C19H17N3S2. The molecule has 1 aliphatic rings. The first kappa shape index (κ1) is 15.3. The van der Waals surface area contributed by atoms with Gasteiger partial charge in [0, 0.05) is 16.8 Å². The van der Waals surface area contributed by atoms with Crippen LogP contribution in [0.2, 0.25) is 0 Å². The topological polar surface area (TPSA) is 28.2 Å². The number of anilines is 1. The lowest BCUT2D eigenvalue weighted by atomic mass is 10.0. The fourth-order valence-electron chi connectivity index (χ4n) is 3.16. The third-order valence-corrected chi connectivity index (χ3v) is 5.47. The molecule has 0 spiro atoms. The van der Waals surface area contributed by atoms with Crippen molar-refractivity contribution in [1.82, 2.24) is 10.3 Å². The van der Waals surface area contributed by atoms with Crippen molar-refractivity contribution in [2.75, 3.05) is 4.90 Å². The van der Waals surface area contributed by atoms with E-state index in [1.54, 1.807) is 11.3 Å². The molecule has 0 bridgehead atoms. The van der Waals surface area contributed by atoms with Gasteiger partial charge in [-0.25, -0.2) is 0 Å². The quantitative estimate of drug-likeness (QED) is 0.697. The summed E-state index contributed by atoms with van der Waals surface area (Å²) in [5, 5.41) is 6.33. The molecule has 24 heavy (non-hydrogen) atoms. The maximum Gasteiger partial charge on any atom is 0.174 e. The highest BCUT2D eigenvalue weighted by Gasteiger charge is 2.41. The van der Waals surface area contributed by atoms with Crippen molar-refractivity contribution in [1.29, 1.82) is 0 Å². The molecule has 0 unspecified atom stereocenters. The van der Waals surface area contributed by atoms with E-state index in [1.165, 1.54) is 10.4 Å². The molecule has 0 radical (unpaired) electrons. The Morgan fingerprint density at radius 3 is 2.75 bits per heavy atom. The normalized spacial score (nSPS) is 20.2. The van der Waals surface area contributed by atoms with E-state index in [4.69, 9.17) is 12.2 Å². The number of thiocarbonyl (C=S) groups is 1. The third-order valence-electron chi connectivity index (χ3n) is 4.21. The largest absolute Gasteiger partial charge is 0.351 e. The maximum atomic E-state index is 5.69. The fourth-order valence-corrected chi connectivity index (χ4v) is 4.36. The Kier molecular flexibility index (Phi) is 4.04. The molecule has 1 saturated heterocycles. The van der Waals surface area contributed by atoms with E-state index in [1.807, 2.05) is 18.3 Å². The first-order valence-corrected chi connectivity index (χ1v) is 9.13. The monoisotopic (exact) mass is 351 g/mol. The Morgan fingerprint density at radius 1 is 1.12 bits per heavy atom. The highest BCUT2D eigenvalue weighted by atomic mass is 32.1. The number of nitrogens with one attached hydrogen (secondary N) is 1. The lowest BCUT2D eigenvalue weighted by Gasteiger charge is -2.27. The molecule has 1 fully saturated rings. The first-order chi connectivity index (χ1) is 11.7. The van der Waals surface area contributed by atoms with Crippen LogP contribution in [0, 0.1) is 6.92 Å². The van der Waals surface area contributed by atoms with Crippen LogP contribution in [-0.2, 0) is 0 Å². The van der Waals surface area contributed by atoms with Crippen LogP contribution in [-0.4, -0.2) is 10.1 Å². The number of rotatable bonds is 3. The molecule has 3 aromatic rings. The van der Waals surface area contributed by atoms with E-state index in [0.29, 0.717) is 0 Å². The molecule has 1 aliphatic heterocycles. The summed E-state index contributed by atoms with van der Waals surface area (Å²) in [4.78, 5) is 8.05. The summed E-state index contributed by atoms with van der Waals surface area (Å²) in [6, 6.07) is 18.9. The molecule has 1 aromatic carbocycles. The van der Waals surface area contributed by atoms with Crippen LogP contribution < -0.4 is 10.2 Å². The van der Waals surface area contributed by atoms with Crippen molar-refractivity contribution >= 4 is 34.4 Å². The van der Waals surface area contributed by atoms with E-state index in [0.717, 1.165) is 16.5 Å². The van der Waals surface area contributed by atoms with Crippen LogP contribution >= 0.6 is 23.6 Å². The summed E-state index contributed by atoms with van der Waals surface area (Å²) < 4.78 is 0. The molecule has 2 aromatic heterocycles. The number of pyridine rings is 1. The van der Waals surface area contributed by atoms with E-state index >= 15 is 0 Å². The predicted molar refractivity (Wildman–Crippen MR) is 103 cm³/mol. The van der Waals surface area contributed by atoms with Crippen LogP contribution in [0.25, 0.3) is 0 Å². The first-order valence-electron chi connectivity index (χ1n) is 7.85. The van der Waals surface area contributed by atoms with Gasteiger partial charge < -0.3 is 10.2 Å². The zero-order valence-electron chi connectivity index (χ0n) is 13.2. The Bertz CT molecular complexity index is 846. The van der Waals surface area contributed by atoms with E-state index in [2.05, 4.69) is 70.0 Å². The molecule has 4 rings (SSSR count). The van der Waals surface area contributed by atoms with Gasteiger partial charge in [0.05, 0.1) is 17.8 Å². The van der Waals surface area contributed by atoms with Crippen molar-refractivity contribution in [3.05, 3.63) is 82.3 Å². The number of aromatic nitrogens is 1. The summed E-state index contributed by atoms with van der Waals surface area (Å²) in [6.07, 6.45) is 1.83. The minimum absolute atomic E-state index is 0.0397. The number of nitrogens with zero attached hydrogens (tertiary/aromatic N) is 2.